The predicted molar refractivity (Wildman–Crippen MR) is 54.5 cm³/mol. The first-order chi connectivity index (χ1) is 7.81. The van der Waals surface area contributed by atoms with Crippen LogP contribution in [0, 0.1) is 11.3 Å². The first-order valence-corrected chi connectivity index (χ1v) is 4.60. The number of fused-ring (bicyclic) bond motifs is 1. The van der Waals surface area contributed by atoms with Crippen LogP contribution >= 0.6 is 0 Å². The maximum Gasteiger partial charge on any atom is 0.200 e. The summed E-state index contributed by atoms with van der Waals surface area (Å²) in [6.45, 7) is 0. The molecule has 2 rings (SSSR count). The zero-order chi connectivity index (χ0) is 11.5. The van der Waals surface area contributed by atoms with Gasteiger partial charge in [0.25, 0.3) is 0 Å². The van der Waals surface area contributed by atoms with Crippen molar-refractivity contribution in [3.8, 4) is 6.07 Å². The number of rotatable bonds is 3. The molecule has 0 N–H and O–H groups in total. The highest BCUT2D eigenvalue weighted by Crippen LogP contribution is 2.18. The number of aromatic nitrogens is 3. The van der Waals surface area contributed by atoms with E-state index >= 15 is 0 Å². The van der Waals surface area contributed by atoms with Crippen molar-refractivity contribution < 1.29 is 9.47 Å². The summed E-state index contributed by atoms with van der Waals surface area (Å²) in [4.78, 5) is 4.09. The van der Waals surface area contributed by atoms with Crippen LogP contribution in [0.3, 0.4) is 0 Å². The van der Waals surface area contributed by atoms with E-state index in [1.807, 2.05) is 6.07 Å². The summed E-state index contributed by atoms with van der Waals surface area (Å²) in [7, 11) is 3.07. The number of nitrogens with zero attached hydrogens (tertiary/aromatic N) is 4. The summed E-state index contributed by atoms with van der Waals surface area (Å²) in [6.07, 6.45) is 2.53. The van der Waals surface area contributed by atoms with Gasteiger partial charge < -0.3 is 9.47 Å². The third-order valence-electron chi connectivity index (χ3n) is 2.22. The maximum atomic E-state index is 8.86. The second-order valence-corrected chi connectivity index (χ2v) is 3.08. The Morgan fingerprint density at radius 1 is 1.44 bits per heavy atom. The molecule has 2 heterocycles. The van der Waals surface area contributed by atoms with Gasteiger partial charge in [0.2, 0.25) is 6.29 Å². The van der Waals surface area contributed by atoms with Gasteiger partial charge in [-0.25, -0.2) is 9.50 Å². The molecule has 0 aliphatic rings. The van der Waals surface area contributed by atoms with Crippen molar-refractivity contribution in [2.75, 3.05) is 14.2 Å². The van der Waals surface area contributed by atoms with E-state index < -0.39 is 6.29 Å². The molecule has 82 valence electrons. The molecule has 6 heteroatoms. The van der Waals surface area contributed by atoms with E-state index in [-0.39, 0.29) is 0 Å². The highest BCUT2D eigenvalue weighted by molar-refractivity contribution is 5.54. The molecule has 0 fully saturated rings. The minimum absolute atomic E-state index is 0.424. The van der Waals surface area contributed by atoms with Crippen molar-refractivity contribution in [2.24, 2.45) is 0 Å². The van der Waals surface area contributed by atoms with Crippen LogP contribution < -0.4 is 0 Å². The summed E-state index contributed by atoms with van der Waals surface area (Å²) in [5, 5.41) is 12.9. The van der Waals surface area contributed by atoms with Gasteiger partial charge in [0.1, 0.15) is 17.3 Å². The van der Waals surface area contributed by atoms with E-state index in [0.29, 0.717) is 16.9 Å². The summed E-state index contributed by atoms with van der Waals surface area (Å²) in [5.41, 5.74) is 1.61. The Morgan fingerprint density at radius 2 is 2.19 bits per heavy atom. The molecular formula is C10H10N4O2. The lowest BCUT2D eigenvalue weighted by atomic mass is 10.3. The Bertz CT molecular complexity index is 539. The van der Waals surface area contributed by atoms with Crippen LogP contribution in [0.5, 0.6) is 0 Å². The van der Waals surface area contributed by atoms with Crippen molar-refractivity contribution in [3.63, 3.8) is 0 Å². The second kappa shape index (κ2) is 4.26. The largest absolute Gasteiger partial charge is 0.350 e. The standard InChI is InChI=1S/C10H10N4O2/c1-15-10(16-2)8-3-4-12-9-7(5-11)6-13-14(8)9/h3-4,6,10H,1-2H3. The van der Waals surface area contributed by atoms with Gasteiger partial charge in [-0.2, -0.15) is 10.4 Å². The highest BCUT2D eigenvalue weighted by atomic mass is 16.7. The van der Waals surface area contributed by atoms with Gasteiger partial charge in [0, 0.05) is 20.4 Å². The molecule has 0 aromatic carbocycles. The quantitative estimate of drug-likeness (QED) is 0.715. The molecule has 0 saturated heterocycles. The molecule has 0 bridgehead atoms. The molecular weight excluding hydrogens is 208 g/mol. The van der Waals surface area contributed by atoms with Crippen molar-refractivity contribution in [3.05, 3.63) is 29.7 Å². The van der Waals surface area contributed by atoms with E-state index in [1.165, 1.54) is 24.9 Å². The second-order valence-electron chi connectivity index (χ2n) is 3.08. The number of hydrogen-bond donors (Lipinski definition) is 0. The molecule has 16 heavy (non-hydrogen) atoms. The number of methoxy groups -OCH3 is 2. The molecule has 0 spiro atoms. The van der Waals surface area contributed by atoms with Crippen molar-refractivity contribution >= 4 is 5.65 Å². The zero-order valence-electron chi connectivity index (χ0n) is 8.91. The fourth-order valence-electron chi connectivity index (χ4n) is 1.51. The minimum atomic E-state index is -0.531. The lowest BCUT2D eigenvalue weighted by Crippen LogP contribution is -2.10. The third-order valence-corrected chi connectivity index (χ3v) is 2.22. The van der Waals surface area contributed by atoms with Gasteiger partial charge >= 0.3 is 0 Å². The Labute approximate surface area is 92.0 Å². The van der Waals surface area contributed by atoms with Gasteiger partial charge in [0.15, 0.2) is 5.65 Å². The zero-order valence-corrected chi connectivity index (χ0v) is 8.91. The van der Waals surface area contributed by atoms with Gasteiger partial charge in [0.05, 0.1) is 6.20 Å². The van der Waals surface area contributed by atoms with Crippen LogP contribution in [0.1, 0.15) is 17.5 Å². The smallest absolute Gasteiger partial charge is 0.200 e. The van der Waals surface area contributed by atoms with Gasteiger partial charge in [-0.05, 0) is 6.07 Å². The number of ether oxygens (including phenoxy) is 2. The Morgan fingerprint density at radius 3 is 2.81 bits per heavy atom. The lowest BCUT2D eigenvalue weighted by molar-refractivity contribution is -0.109. The van der Waals surface area contributed by atoms with Crippen molar-refractivity contribution in [2.45, 2.75) is 6.29 Å². The summed E-state index contributed by atoms with van der Waals surface area (Å²) in [6, 6.07) is 3.76. The van der Waals surface area contributed by atoms with Crippen LogP contribution in [-0.2, 0) is 9.47 Å². The third kappa shape index (κ3) is 1.52. The van der Waals surface area contributed by atoms with Crippen LogP contribution in [0.2, 0.25) is 0 Å². The average molecular weight is 218 g/mol. The van der Waals surface area contributed by atoms with Gasteiger partial charge in [-0.15, -0.1) is 0 Å². The van der Waals surface area contributed by atoms with Crippen molar-refractivity contribution in [1.82, 2.24) is 14.6 Å². The molecule has 0 atom stereocenters. The normalized spacial score (nSPS) is 10.9. The number of hydrogen-bond acceptors (Lipinski definition) is 5. The maximum absolute atomic E-state index is 8.86. The van der Waals surface area contributed by atoms with E-state index in [0.717, 1.165) is 0 Å². The minimum Gasteiger partial charge on any atom is -0.350 e. The van der Waals surface area contributed by atoms with Crippen LogP contribution in [0.15, 0.2) is 18.5 Å². The van der Waals surface area contributed by atoms with E-state index in [1.54, 1.807) is 12.3 Å². The molecule has 0 saturated carbocycles. The van der Waals surface area contributed by atoms with Gasteiger partial charge in [-0.3, -0.25) is 0 Å². The summed E-state index contributed by atoms with van der Waals surface area (Å²) in [5.74, 6) is 0. The van der Waals surface area contributed by atoms with E-state index in [2.05, 4.69) is 10.1 Å². The van der Waals surface area contributed by atoms with Gasteiger partial charge in [-0.1, -0.05) is 0 Å². The first-order valence-electron chi connectivity index (χ1n) is 4.60. The summed E-state index contributed by atoms with van der Waals surface area (Å²) >= 11 is 0. The van der Waals surface area contributed by atoms with Crippen LogP contribution in [-0.4, -0.2) is 28.8 Å². The van der Waals surface area contributed by atoms with E-state index in [9.17, 15) is 0 Å². The molecule has 0 aliphatic heterocycles. The van der Waals surface area contributed by atoms with Crippen LogP contribution in [0.25, 0.3) is 5.65 Å². The Kier molecular flexibility index (Phi) is 2.81. The van der Waals surface area contributed by atoms with Crippen molar-refractivity contribution in [1.29, 1.82) is 5.26 Å². The molecule has 2 aromatic heterocycles. The molecule has 0 radical (unpaired) electrons. The molecule has 0 aliphatic carbocycles. The molecule has 6 nitrogen and oxygen atoms in total. The monoisotopic (exact) mass is 218 g/mol. The average Bonchev–Trinajstić information content (AvgIpc) is 2.74. The van der Waals surface area contributed by atoms with Crippen LogP contribution in [0.4, 0.5) is 0 Å². The Hall–Kier alpha value is -1.97. The predicted octanol–water partition coefficient (Wildman–Crippen LogP) is 0.892. The molecule has 2 aromatic rings. The highest BCUT2D eigenvalue weighted by Gasteiger charge is 2.15. The Balaban J connectivity index is 2.63. The molecule has 0 unspecified atom stereocenters. The first kappa shape index (κ1) is 10.5. The fourth-order valence-corrected chi connectivity index (χ4v) is 1.51. The molecule has 0 amide bonds. The topological polar surface area (TPSA) is 72.4 Å². The summed E-state index contributed by atoms with van der Waals surface area (Å²) < 4.78 is 11.8. The lowest BCUT2D eigenvalue weighted by Gasteiger charge is -2.14. The van der Waals surface area contributed by atoms with E-state index in [4.69, 9.17) is 14.7 Å². The number of nitriles is 1. The SMILES string of the molecule is COC(OC)c1ccnc2c(C#N)cnn12. The fraction of sp³-hybridized carbons (Fsp3) is 0.300.